The Morgan fingerprint density at radius 2 is 2.00 bits per heavy atom. The maximum Gasteiger partial charge on any atom is 0.324 e. The lowest BCUT2D eigenvalue weighted by molar-refractivity contribution is -0.131. The van der Waals surface area contributed by atoms with Crippen LogP contribution in [0.4, 0.5) is 4.79 Å². The monoisotopic (exact) mass is 387 g/mol. The van der Waals surface area contributed by atoms with Gasteiger partial charge in [0.2, 0.25) is 0 Å². The van der Waals surface area contributed by atoms with Gasteiger partial charge in [0.05, 0.1) is 16.3 Å². The molecular weight excluding hydrogens is 370 g/mol. The van der Waals surface area contributed by atoms with E-state index in [0.29, 0.717) is 36.5 Å². The number of urea groups is 1. The molecule has 8 nitrogen and oxygen atoms in total. The number of amides is 4. The Kier molecular flexibility index (Phi) is 4.15. The molecule has 2 aliphatic rings. The smallest absolute Gasteiger partial charge is 0.324 e. The van der Waals surface area contributed by atoms with Crippen molar-refractivity contribution in [2.24, 2.45) is 0 Å². The molecule has 140 valence electrons. The third-order valence-electron chi connectivity index (χ3n) is 5.22. The summed E-state index contributed by atoms with van der Waals surface area (Å²) < 4.78 is 1.65. The van der Waals surface area contributed by atoms with Crippen LogP contribution in [0.3, 0.4) is 0 Å². The quantitative estimate of drug-likeness (QED) is 0.794. The second-order valence-electron chi connectivity index (χ2n) is 6.78. The van der Waals surface area contributed by atoms with E-state index in [4.69, 9.17) is 11.6 Å². The molecular formula is C18H18ClN5O3. The number of nitrogens with zero attached hydrogens (tertiary/aromatic N) is 4. The van der Waals surface area contributed by atoms with Crippen LogP contribution in [-0.2, 0) is 4.79 Å². The summed E-state index contributed by atoms with van der Waals surface area (Å²) in [6.45, 7) is 0.724. The molecule has 1 aromatic carbocycles. The predicted molar refractivity (Wildman–Crippen MR) is 97.7 cm³/mol. The fourth-order valence-electron chi connectivity index (χ4n) is 3.60. The van der Waals surface area contributed by atoms with E-state index in [1.54, 1.807) is 46.2 Å². The maximum atomic E-state index is 13.0. The van der Waals surface area contributed by atoms with Crippen molar-refractivity contribution in [3.05, 3.63) is 47.2 Å². The number of likely N-dealkylation sites (N-methyl/N-ethyl adjacent to an activating group) is 1. The fraction of sp³-hybridized carbons (Fsp3) is 0.333. The summed E-state index contributed by atoms with van der Waals surface area (Å²) in [7, 11) is 1.46. The third kappa shape index (κ3) is 2.86. The van der Waals surface area contributed by atoms with E-state index in [1.807, 2.05) is 0 Å². The first-order chi connectivity index (χ1) is 12.9. The topological polar surface area (TPSA) is 87.5 Å². The molecule has 0 unspecified atom stereocenters. The summed E-state index contributed by atoms with van der Waals surface area (Å²) in [6.07, 6.45) is 4.20. The number of imide groups is 1. The number of halogens is 1. The number of carbonyl (C=O) groups excluding carboxylic acids is 3. The van der Waals surface area contributed by atoms with Crippen LogP contribution in [0, 0.1) is 0 Å². The Bertz CT molecular complexity index is 919. The first-order valence-electron chi connectivity index (χ1n) is 8.60. The fourth-order valence-corrected chi connectivity index (χ4v) is 3.80. The van der Waals surface area contributed by atoms with Crippen molar-refractivity contribution in [3.8, 4) is 5.69 Å². The van der Waals surface area contributed by atoms with E-state index in [-0.39, 0.29) is 11.8 Å². The number of aromatic nitrogens is 2. The molecule has 0 aliphatic carbocycles. The van der Waals surface area contributed by atoms with Crippen LogP contribution in [0.15, 0.2) is 36.7 Å². The van der Waals surface area contributed by atoms with Crippen molar-refractivity contribution in [2.45, 2.75) is 18.4 Å². The highest BCUT2D eigenvalue weighted by atomic mass is 35.5. The lowest BCUT2D eigenvalue weighted by atomic mass is 9.87. The number of nitrogens with one attached hydrogen (secondary N) is 1. The zero-order chi connectivity index (χ0) is 19.2. The van der Waals surface area contributed by atoms with Crippen molar-refractivity contribution in [1.82, 2.24) is 24.9 Å². The second-order valence-corrected chi connectivity index (χ2v) is 7.19. The number of likely N-dealkylation sites (tertiary alicyclic amines) is 1. The van der Waals surface area contributed by atoms with Crippen LogP contribution in [0.25, 0.3) is 5.69 Å². The zero-order valence-electron chi connectivity index (χ0n) is 14.7. The van der Waals surface area contributed by atoms with Crippen molar-refractivity contribution in [1.29, 1.82) is 0 Å². The molecule has 3 heterocycles. The molecule has 2 fully saturated rings. The minimum Gasteiger partial charge on any atom is -0.338 e. The van der Waals surface area contributed by atoms with E-state index in [9.17, 15) is 14.4 Å². The largest absolute Gasteiger partial charge is 0.338 e. The molecule has 9 heteroatoms. The van der Waals surface area contributed by atoms with Crippen molar-refractivity contribution in [2.75, 3.05) is 20.1 Å². The van der Waals surface area contributed by atoms with Gasteiger partial charge in [-0.15, -0.1) is 0 Å². The summed E-state index contributed by atoms with van der Waals surface area (Å²) in [5.41, 5.74) is 0.226. The highest BCUT2D eigenvalue weighted by Gasteiger charge is 2.51. The average Bonchev–Trinajstić information content (AvgIpc) is 3.27. The van der Waals surface area contributed by atoms with Gasteiger partial charge >= 0.3 is 6.03 Å². The zero-order valence-corrected chi connectivity index (χ0v) is 15.4. The summed E-state index contributed by atoms with van der Waals surface area (Å²) in [4.78, 5) is 39.9. The van der Waals surface area contributed by atoms with Gasteiger partial charge in [0.1, 0.15) is 5.54 Å². The molecule has 0 bridgehead atoms. The summed E-state index contributed by atoms with van der Waals surface area (Å²) in [5.74, 6) is -0.438. The molecule has 1 aromatic heterocycles. The Hall–Kier alpha value is -2.87. The number of carbonyl (C=O) groups is 3. The van der Waals surface area contributed by atoms with Gasteiger partial charge in [-0.25, -0.2) is 9.48 Å². The highest BCUT2D eigenvalue weighted by Crippen LogP contribution is 2.30. The first kappa shape index (κ1) is 17.5. The lowest BCUT2D eigenvalue weighted by Gasteiger charge is -2.37. The van der Waals surface area contributed by atoms with Crippen LogP contribution in [0.5, 0.6) is 0 Å². The minimum atomic E-state index is -0.899. The lowest BCUT2D eigenvalue weighted by Crippen LogP contribution is -2.55. The molecule has 4 amide bonds. The van der Waals surface area contributed by atoms with Crippen molar-refractivity contribution < 1.29 is 14.4 Å². The Balaban J connectivity index is 1.53. The van der Waals surface area contributed by atoms with Crippen molar-refractivity contribution in [3.63, 3.8) is 0 Å². The minimum absolute atomic E-state index is 0.200. The van der Waals surface area contributed by atoms with Gasteiger partial charge in [-0.05, 0) is 37.1 Å². The van der Waals surface area contributed by atoms with Gasteiger partial charge in [-0.1, -0.05) is 11.6 Å². The molecule has 2 saturated heterocycles. The molecule has 2 aliphatic heterocycles. The summed E-state index contributed by atoms with van der Waals surface area (Å²) in [5, 5.41) is 7.30. The van der Waals surface area contributed by atoms with Gasteiger partial charge in [0.25, 0.3) is 11.8 Å². The molecule has 1 spiro atoms. The number of hydrogen-bond acceptors (Lipinski definition) is 4. The molecule has 27 heavy (non-hydrogen) atoms. The van der Waals surface area contributed by atoms with Crippen LogP contribution >= 0.6 is 11.6 Å². The van der Waals surface area contributed by atoms with Gasteiger partial charge < -0.3 is 10.2 Å². The SMILES string of the molecule is CN1C(=O)NC2(CCN(C(=O)c3cc(-n4cccn4)ccc3Cl)CC2)C1=O. The standard InChI is InChI=1S/C18H18ClN5O3/c1-22-16(26)18(21-17(22)27)5-9-23(10-6-18)15(25)13-11-12(3-4-14(13)19)24-8-2-7-20-24/h2-4,7-8,11H,5-6,9-10H2,1H3,(H,21,27). The van der Waals surface area contributed by atoms with Crippen LogP contribution < -0.4 is 5.32 Å². The van der Waals surface area contributed by atoms with E-state index < -0.39 is 11.6 Å². The predicted octanol–water partition coefficient (Wildman–Crippen LogP) is 1.68. The summed E-state index contributed by atoms with van der Waals surface area (Å²) in [6, 6.07) is 6.57. The summed E-state index contributed by atoms with van der Waals surface area (Å²) >= 11 is 6.26. The van der Waals surface area contributed by atoms with E-state index >= 15 is 0 Å². The molecule has 4 rings (SSSR count). The van der Waals surface area contributed by atoms with Crippen molar-refractivity contribution >= 4 is 29.4 Å². The average molecular weight is 388 g/mol. The van der Waals surface area contributed by atoms with E-state index in [2.05, 4.69) is 10.4 Å². The number of rotatable bonds is 2. The van der Waals surface area contributed by atoms with Gasteiger partial charge in [0.15, 0.2) is 0 Å². The third-order valence-corrected chi connectivity index (χ3v) is 5.55. The molecule has 1 N–H and O–H groups in total. The Morgan fingerprint density at radius 3 is 2.59 bits per heavy atom. The van der Waals surface area contributed by atoms with Gasteiger partial charge in [-0.2, -0.15) is 5.10 Å². The molecule has 0 atom stereocenters. The number of piperidine rings is 1. The molecule has 0 radical (unpaired) electrons. The highest BCUT2D eigenvalue weighted by molar-refractivity contribution is 6.33. The molecule has 0 saturated carbocycles. The Labute approximate surface area is 160 Å². The molecule has 2 aromatic rings. The first-order valence-corrected chi connectivity index (χ1v) is 8.98. The maximum absolute atomic E-state index is 13.0. The number of benzene rings is 1. The van der Waals surface area contributed by atoms with Crippen LogP contribution in [0.1, 0.15) is 23.2 Å². The van der Waals surface area contributed by atoms with Gasteiger partial charge in [-0.3, -0.25) is 14.5 Å². The number of hydrogen-bond donors (Lipinski definition) is 1. The van der Waals surface area contributed by atoms with E-state index in [1.165, 1.54) is 7.05 Å². The van der Waals surface area contributed by atoms with Gasteiger partial charge in [0, 0.05) is 32.5 Å². The second kappa shape index (κ2) is 6.38. The van der Waals surface area contributed by atoms with E-state index in [0.717, 1.165) is 10.6 Å². The Morgan fingerprint density at radius 1 is 1.26 bits per heavy atom. The normalized spacial score (nSPS) is 18.9. The van der Waals surface area contributed by atoms with Crippen LogP contribution in [-0.4, -0.2) is 63.1 Å². The van der Waals surface area contributed by atoms with Crippen LogP contribution in [0.2, 0.25) is 5.02 Å².